The van der Waals surface area contributed by atoms with E-state index in [4.69, 9.17) is 17.0 Å². The van der Waals surface area contributed by atoms with E-state index >= 15 is 0 Å². The number of rotatable bonds is 2. The van der Waals surface area contributed by atoms with Crippen LogP contribution in [-0.4, -0.2) is 22.3 Å². The first kappa shape index (κ1) is 11.7. The van der Waals surface area contributed by atoms with Crippen LogP contribution < -0.4 is 0 Å². The fourth-order valence-electron chi connectivity index (χ4n) is 3.37. The van der Waals surface area contributed by atoms with Gasteiger partial charge in [-0.15, -0.1) is 0 Å². The van der Waals surface area contributed by atoms with Crippen molar-refractivity contribution in [2.24, 2.45) is 5.92 Å². The predicted molar refractivity (Wildman–Crippen MR) is 78.0 cm³/mol. The summed E-state index contributed by atoms with van der Waals surface area (Å²) >= 11 is 5.56. The van der Waals surface area contributed by atoms with E-state index in [1.165, 1.54) is 29.4 Å². The molecule has 2 atom stereocenters. The molecule has 1 aromatic heterocycles. The maximum absolute atomic E-state index is 5.97. The van der Waals surface area contributed by atoms with Crippen molar-refractivity contribution in [1.82, 2.24) is 9.55 Å². The molecule has 19 heavy (non-hydrogen) atoms. The molecule has 1 saturated heterocycles. The summed E-state index contributed by atoms with van der Waals surface area (Å²) in [6, 6.07) is 6.81. The lowest BCUT2D eigenvalue weighted by molar-refractivity contribution is 0.0756. The molecule has 1 aromatic carbocycles. The summed E-state index contributed by atoms with van der Waals surface area (Å²) in [6.45, 7) is 2.99. The third kappa shape index (κ3) is 1.77. The van der Waals surface area contributed by atoms with Crippen molar-refractivity contribution in [3.05, 3.63) is 28.5 Å². The van der Waals surface area contributed by atoms with Crippen molar-refractivity contribution in [2.75, 3.05) is 6.61 Å². The zero-order valence-electron chi connectivity index (χ0n) is 11.1. The number of aryl methyl sites for hydroxylation is 1. The number of fused-ring (bicyclic) bond motifs is 1. The molecule has 1 saturated carbocycles. The Morgan fingerprint density at radius 3 is 2.95 bits per heavy atom. The van der Waals surface area contributed by atoms with Crippen LogP contribution in [0.4, 0.5) is 0 Å². The SMILES string of the molecule is Cc1cccc2c1[nH]c(=S)n2C1CCOC1C1CC1. The van der Waals surface area contributed by atoms with Gasteiger partial charge in [-0.05, 0) is 56.0 Å². The lowest BCUT2D eigenvalue weighted by Gasteiger charge is -2.20. The highest BCUT2D eigenvalue weighted by molar-refractivity contribution is 7.71. The van der Waals surface area contributed by atoms with Crippen LogP contribution in [0.15, 0.2) is 18.2 Å². The van der Waals surface area contributed by atoms with E-state index in [2.05, 4.69) is 34.7 Å². The van der Waals surface area contributed by atoms with Crippen LogP contribution in [0.3, 0.4) is 0 Å². The highest BCUT2D eigenvalue weighted by Crippen LogP contribution is 2.44. The second kappa shape index (κ2) is 4.18. The number of imidazole rings is 1. The van der Waals surface area contributed by atoms with Gasteiger partial charge in [-0.2, -0.15) is 0 Å². The van der Waals surface area contributed by atoms with Crippen LogP contribution >= 0.6 is 12.2 Å². The first-order valence-electron chi connectivity index (χ1n) is 7.07. The Morgan fingerprint density at radius 2 is 2.16 bits per heavy atom. The molecule has 2 unspecified atom stereocenters. The van der Waals surface area contributed by atoms with Gasteiger partial charge in [0.1, 0.15) is 0 Å². The Hall–Kier alpha value is -1.13. The van der Waals surface area contributed by atoms with Crippen LogP contribution in [0.1, 0.15) is 30.9 Å². The van der Waals surface area contributed by atoms with Gasteiger partial charge in [-0.1, -0.05) is 12.1 Å². The van der Waals surface area contributed by atoms with E-state index in [1.807, 2.05) is 0 Å². The molecule has 0 radical (unpaired) electrons. The van der Waals surface area contributed by atoms with Crippen LogP contribution in [0.2, 0.25) is 0 Å². The molecule has 0 spiro atoms. The number of hydrogen-bond donors (Lipinski definition) is 1. The number of aromatic amines is 1. The molecule has 0 bridgehead atoms. The molecule has 2 aliphatic rings. The molecule has 2 heterocycles. The maximum atomic E-state index is 5.97. The Bertz CT molecular complexity index is 683. The second-order valence-electron chi connectivity index (χ2n) is 5.80. The number of nitrogens with zero attached hydrogens (tertiary/aromatic N) is 1. The van der Waals surface area contributed by atoms with E-state index in [0.717, 1.165) is 23.7 Å². The van der Waals surface area contributed by atoms with E-state index < -0.39 is 0 Å². The topological polar surface area (TPSA) is 29.9 Å². The minimum Gasteiger partial charge on any atom is -0.376 e. The maximum Gasteiger partial charge on any atom is 0.178 e. The summed E-state index contributed by atoms with van der Waals surface area (Å²) in [5.74, 6) is 0.754. The molecule has 3 nitrogen and oxygen atoms in total. The molecule has 2 aromatic rings. The number of ether oxygens (including phenoxy) is 1. The Labute approximate surface area is 117 Å². The van der Waals surface area contributed by atoms with Crippen molar-refractivity contribution in [3.63, 3.8) is 0 Å². The Kier molecular flexibility index (Phi) is 2.57. The van der Waals surface area contributed by atoms with Gasteiger partial charge >= 0.3 is 0 Å². The summed E-state index contributed by atoms with van der Waals surface area (Å²) in [5, 5.41) is 0. The highest BCUT2D eigenvalue weighted by Gasteiger charge is 2.42. The van der Waals surface area contributed by atoms with Crippen LogP contribution in [0, 0.1) is 17.6 Å². The first-order chi connectivity index (χ1) is 9.25. The molecule has 4 heteroatoms. The lowest BCUT2D eigenvalue weighted by atomic mass is 10.1. The molecule has 1 aliphatic heterocycles. The number of aromatic nitrogens is 2. The average Bonchev–Trinajstić information content (AvgIpc) is 3.02. The molecule has 2 fully saturated rings. The van der Waals surface area contributed by atoms with Crippen molar-refractivity contribution in [3.8, 4) is 0 Å². The zero-order chi connectivity index (χ0) is 13.0. The summed E-state index contributed by atoms with van der Waals surface area (Å²) in [5.41, 5.74) is 3.66. The number of hydrogen-bond acceptors (Lipinski definition) is 2. The van der Waals surface area contributed by atoms with Crippen LogP contribution in [-0.2, 0) is 4.74 Å². The third-order valence-corrected chi connectivity index (χ3v) is 4.78. The fourth-order valence-corrected chi connectivity index (χ4v) is 3.71. The largest absolute Gasteiger partial charge is 0.376 e. The van der Waals surface area contributed by atoms with Gasteiger partial charge in [-0.25, -0.2) is 0 Å². The smallest absolute Gasteiger partial charge is 0.178 e. The van der Waals surface area contributed by atoms with Crippen molar-refractivity contribution in [1.29, 1.82) is 0 Å². The standard InChI is InChI=1S/C15H18N2OS/c1-9-3-2-4-11-13(9)16-15(19)17(11)12-7-8-18-14(12)10-5-6-10/h2-4,10,12,14H,5-8H2,1H3,(H,16,19). The molecule has 1 N–H and O–H groups in total. The van der Waals surface area contributed by atoms with Gasteiger partial charge in [0.15, 0.2) is 4.77 Å². The molecule has 1 aliphatic carbocycles. The van der Waals surface area contributed by atoms with Crippen molar-refractivity contribution < 1.29 is 4.74 Å². The van der Waals surface area contributed by atoms with Gasteiger partial charge in [0, 0.05) is 6.61 Å². The number of nitrogens with one attached hydrogen (secondary N) is 1. The zero-order valence-corrected chi connectivity index (χ0v) is 11.9. The first-order valence-corrected chi connectivity index (χ1v) is 7.48. The minimum absolute atomic E-state index is 0.367. The highest BCUT2D eigenvalue weighted by atomic mass is 32.1. The third-order valence-electron chi connectivity index (χ3n) is 4.48. The molecular weight excluding hydrogens is 256 g/mol. The van der Waals surface area contributed by atoms with E-state index in [-0.39, 0.29) is 0 Å². The minimum atomic E-state index is 0.367. The van der Waals surface area contributed by atoms with Crippen LogP contribution in [0.5, 0.6) is 0 Å². The van der Waals surface area contributed by atoms with Crippen molar-refractivity contribution in [2.45, 2.75) is 38.3 Å². The van der Waals surface area contributed by atoms with Crippen LogP contribution in [0.25, 0.3) is 11.0 Å². The predicted octanol–water partition coefficient (Wildman–Crippen LogP) is 3.75. The molecule has 100 valence electrons. The summed E-state index contributed by atoms with van der Waals surface area (Å²) in [4.78, 5) is 3.37. The monoisotopic (exact) mass is 274 g/mol. The molecule has 0 amide bonds. The van der Waals surface area contributed by atoms with Crippen molar-refractivity contribution >= 4 is 23.3 Å². The Morgan fingerprint density at radius 1 is 1.32 bits per heavy atom. The molecule has 4 rings (SSSR count). The summed E-state index contributed by atoms with van der Waals surface area (Å²) in [6.07, 6.45) is 4.08. The lowest BCUT2D eigenvalue weighted by Crippen LogP contribution is -2.22. The van der Waals surface area contributed by atoms with Gasteiger partial charge in [0.25, 0.3) is 0 Å². The number of benzene rings is 1. The quantitative estimate of drug-likeness (QED) is 0.845. The second-order valence-corrected chi connectivity index (χ2v) is 6.18. The number of H-pyrrole nitrogens is 1. The molecular formula is C15H18N2OS. The number of para-hydroxylation sites is 1. The van der Waals surface area contributed by atoms with E-state index in [0.29, 0.717) is 12.1 Å². The van der Waals surface area contributed by atoms with Gasteiger partial charge in [0.2, 0.25) is 0 Å². The fraction of sp³-hybridized carbons (Fsp3) is 0.533. The van der Waals surface area contributed by atoms with E-state index in [1.54, 1.807) is 0 Å². The summed E-state index contributed by atoms with van der Waals surface area (Å²) < 4.78 is 9.10. The normalized spacial score (nSPS) is 27.2. The Balaban J connectivity index is 1.88. The van der Waals surface area contributed by atoms with Gasteiger partial charge in [-0.3, -0.25) is 0 Å². The van der Waals surface area contributed by atoms with E-state index in [9.17, 15) is 0 Å². The average molecular weight is 274 g/mol. The van der Waals surface area contributed by atoms with Gasteiger partial charge in [0.05, 0.1) is 23.2 Å². The van der Waals surface area contributed by atoms with Gasteiger partial charge < -0.3 is 14.3 Å². The summed E-state index contributed by atoms with van der Waals surface area (Å²) in [7, 11) is 0.